The van der Waals surface area contributed by atoms with Gasteiger partial charge in [0, 0.05) is 25.2 Å². The molecule has 118 valence electrons. The summed E-state index contributed by atoms with van der Waals surface area (Å²) in [5.41, 5.74) is 0. The average Bonchev–Trinajstić information content (AvgIpc) is 2.52. The van der Waals surface area contributed by atoms with E-state index >= 15 is 0 Å². The lowest BCUT2D eigenvalue weighted by atomic mass is 9.87. The fraction of sp³-hybridized carbons (Fsp3) is 1.00. The Morgan fingerprint density at radius 3 is 2.80 bits per heavy atom. The number of nitrogens with one attached hydrogen (secondary N) is 1. The van der Waals surface area contributed by atoms with Crippen LogP contribution in [0.1, 0.15) is 65.2 Å². The fourth-order valence-corrected chi connectivity index (χ4v) is 4.11. The molecule has 0 spiro atoms. The van der Waals surface area contributed by atoms with E-state index in [-0.39, 0.29) is 0 Å². The Bertz CT molecular complexity index is 272. The van der Waals surface area contributed by atoms with E-state index in [1.807, 2.05) is 7.11 Å². The van der Waals surface area contributed by atoms with Crippen molar-refractivity contribution >= 4 is 0 Å². The number of hydrogen-bond donors (Lipinski definition) is 1. The van der Waals surface area contributed by atoms with Gasteiger partial charge in [-0.15, -0.1) is 0 Å². The van der Waals surface area contributed by atoms with Crippen LogP contribution in [0.2, 0.25) is 0 Å². The monoisotopic (exact) mass is 282 g/mol. The zero-order valence-electron chi connectivity index (χ0n) is 13.7. The van der Waals surface area contributed by atoms with Crippen LogP contribution in [0, 0.1) is 0 Å². The van der Waals surface area contributed by atoms with Crippen molar-refractivity contribution in [1.29, 1.82) is 0 Å². The van der Waals surface area contributed by atoms with Crippen molar-refractivity contribution in [3.63, 3.8) is 0 Å². The maximum absolute atomic E-state index is 5.63. The van der Waals surface area contributed by atoms with Crippen molar-refractivity contribution in [2.24, 2.45) is 0 Å². The third-order valence-corrected chi connectivity index (χ3v) is 5.29. The lowest BCUT2D eigenvalue weighted by Crippen LogP contribution is -2.56. The molecule has 1 heterocycles. The molecular weight excluding hydrogens is 248 g/mol. The quantitative estimate of drug-likeness (QED) is 0.810. The van der Waals surface area contributed by atoms with Crippen molar-refractivity contribution in [2.75, 3.05) is 20.2 Å². The predicted octanol–water partition coefficient (Wildman–Crippen LogP) is 3.19. The van der Waals surface area contributed by atoms with Crippen LogP contribution in [0.4, 0.5) is 0 Å². The summed E-state index contributed by atoms with van der Waals surface area (Å²) >= 11 is 0. The molecule has 0 aromatic rings. The lowest BCUT2D eigenvalue weighted by Gasteiger charge is -2.46. The van der Waals surface area contributed by atoms with Gasteiger partial charge in [-0.05, 0) is 65.0 Å². The van der Waals surface area contributed by atoms with Gasteiger partial charge >= 0.3 is 0 Å². The Hall–Kier alpha value is -0.120. The molecule has 3 heteroatoms. The van der Waals surface area contributed by atoms with E-state index in [1.165, 1.54) is 57.9 Å². The summed E-state index contributed by atoms with van der Waals surface area (Å²) in [6.07, 6.45) is 11.1. The van der Waals surface area contributed by atoms with E-state index in [0.717, 1.165) is 18.6 Å². The molecule has 1 aliphatic carbocycles. The summed E-state index contributed by atoms with van der Waals surface area (Å²) in [6, 6.07) is 2.11. The van der Waals surface area contributed by atoms with Gasteiger partial charge in [0.2, 0.25) is 0 Å². The smallest absolute Gasteiger partial charge is 0.0586 e. The van der Waals surface area contributed by atoms with Crippen LogP contribution < -0.4 is 5.32 Å². The molecule has 1 saturated heterocycles. The van der Waals surface area contributed by atoms with Gasteiger partial charge in [0.25, 0.3) is 0 Å². The van der Waals surface area contributed by atoms with E-state index in [2.05, 4.69) is 24.1 Å². The zero-order valence-corrected chi connectivity index (χ0v) is 13.7. The molecule has 0 radical (unpaired) electrons. The highest BCUT2D eigenvalue weighted by atomic mass is 16.5. The standard InChI is InChI=1S/C17H34N2O/c1-4-11-18-14(2)17-10-5-6-12-19(17)15-8-7-9-16(13-15)20-3/h14-18H,4-13H2,1-3H3. The second-order valence-electron chi connectivity index (χ2n) is 6.72. The molecule has 1 saturated carbocycles. The number of nitrogens with zero attached hydrogens (tertiary/aromatic N) is 1. The van der Waals surface area contributed by atoms with Crippen LogP contribution in [0.3, 0.4) is 0 Å². The summed E-state index contributed by atoms with van der Waals surface area (Å²) in [5, 5.41) is 3.72. The van der Waals surface area contributed by atoms with Crippen LogP contribution in [-0.4, -0.2) is 49.3 Å². The second-order valence-corrected chi connectivity index (χ2v) is 6.72. The molecular formula is C17H34N2O. The molecule has 0 aromatic heterocycles. The zero-order chi connectivity index (χ0) is 14.4. The highest BCUT2D eigenvalue weighted by Crippen LogP contribution is 2.30. The van der Waals surface area contributed by atoms with Gasteiger partial charge < -0.3 is 10.1 Å². The highest BCUT2D eigenvalue weighted by Gasteiger charge is 2.34. The Labute approximate surface area is 125 Å². The minimum atomic E-state index is 0.496. The van der Waals surface area contributed by atoms with Crippen molar-refractivity contribution in [2.45, 2.75) is 89.4 Å². The van der Waals surface area contributed by atoms with Gasteiger partial charge in [0.05, 0.1) is 6.10 Å². The van der Waals surface area contributed by atoms with Gasteiger partial charge in [-0.3, -0.25) is 4.90 Å². The van der Waals surface area contributed by atoms with Gasteiger partial charge in [-0.25, -0.2) is 0 Å². The minimum Gasteiger partial charge on any atom is -0.381 e. The number of methoxy groups -OCH3 is 1. The van der Waals surface area contributed by atoms with Crippen LogP contribution in [0.5, 0.6) is 0 Å². The first kappa shape index (κ1) is 16.3. The van der Waals surface area contributed by atoms with E-state index in [0.29, 0.717) is 12.1 Å². The molecule has 4 atom stereocenters. The normalized spacial score (nSPS) is 34.0. The predicted molar refractivity (Wildman–Crippen MR) is 85.2 cm³/mol. The number of ether oxygens (including phenoxy) is 1. The Kier molecular flexibility index (Phi) is 6.79. The Morgan fingerprint density at radius 1 is 1.20 bits per heavy atom. The molecule has 1 aliphatic heterocycles. The van der Waals surface area contributed by atoms with E-state index in [1.54, 1.807) is 0 Å². The Morgan fingerprint density at radius 2 is 2.05 bits per heavy atom. The molecule has 0 amide bonds. The lowest BCUT2D eigenvalue weighted by molar-refractivity contribution is -0.00294. The van der Waals surface area contributed by atoms with Crippen LogP contribution in [0.25, 0.3) is 0 Å². The first-order valence-corrected chi connectivity index (χ1v) is 8.78. The van der Waals surface area contributed by atoms with E-state index in [4.69, 9.17) is 4.74 Å². The molecule has 3 nitrogen and oxygen atoms in total. The molecule has 2 rings (SSSR count). The number of rotatable bonds is 6. The van der Waals surface area contributed by atoms with Crippen molar-refractivity contribution in [3.8, 4) is 0 Å². The largest absolute Gasteiger partial charge is 0.381 e. The molecule has 2 fully saturated rings. The van der Waals surface area contributed by atoms with Gasteiger partial charge in [-0.1, -0.05) is 13.3 Å². The molecule has 2 aliphatic rings. The highest BCUT2D eigenvalue weighted by molar-refractivity contribution is 4.91. The van der Waals surface area contributed by atoms with E-state index in [9.17, 15) is 0 Å². The minimum absolute atomic E-state index is 0.496. The maximum Gasteiger partial charge on any atom is 0.0586 e. The van der Waals surface area contributed by atoms with Crippen LogP contribution in [-0.2, 0) is 4.74 Å². The molecule has 0 bridgehead atoms. The number of likely N-dealkylation sites (tertiary alicyclic amines) is 1. The summed E-state index contributed by atoms with van der Waals surface area (Å²) < 4.78 is 5.63. The number of piperidine rings is 1. The molecule has 1 N–H and O–H groups in total. The fourth-order valence-electron chi connectivity index (χ4n) is 4.11. The molecule has 0 aromatic carbocycles. The summed E-state index contributed by atoms with van der Waals surface area (Å²) in [5.74, 6) is 0. The Balaban J connectivity index is 1.95. The third-order valence-electron chi connectivity index (χ3n) is 5.29. The second kappa shape index (κ2) is 8.35. The van der Waals surface area contributed by atoms with Gasteiger partial charge in [0.1, 0.15) is 0 Å². The van der Waals surface area contributed by atoms with Crippen LogP contribution in [0.15, 0.2) is 0 Å². The van der Waals surface area contributed by atoms with Gasteiger partial charge in [-0.2, -0.15) is 0 Å². The van der Waals surface area contributed by atoms with Crippen molar-refractivity contribution < 1.29 is 4.74 Å². The summed E-state index contributed by atoms with van der Waals surface area (Å²) in [4.78, 5) is 2.82. The summed E-state index contributed by atoms with van der Waals surface area (Å²) in [6.45, 7) is 7.08. The SMILES string of the molecule is CCCNC(C)C1CCCCN1C1CCCC(OC)C1. The first-order valence-electron chi connectivity index (χ1n) is 8.78. The van der Waals surface area contributed by atoms with E-state index < -0.39 is 0 Å². The number of hydrogen-bond acceptors (Lipinski definition) is 3. The van der Waals surface area contributed by atoms with Gasteiger partial charge in [0.15, 0.2) is 0 Å². The maximum atomic E-state index is 5.63. The first-order chi connectivity index (χ1) is 9.76. The molecule has 20 heavy (non-hydrogen) atoms. The third kappa shape index (κ3) is 4.19. The van der Waals surface area contributed by atoms with Crippen molar-refractivity contribution in [3.05, 3.63) is 0 Å². The average molecular weight is 282 g/mol. The van der Waals surface area contributed by atoms with Crippen molar-refractivity contribution in [1.82, 2.24) is 10.2 Å². The summed E-state index contributed by atoms with van der Waals surface area (Å²) in [7, 11) is 1.88. The topological polar surface area (TPSA) is 24.5 Å². The molecule has 4 unspecified atom stereocenters. The van der Waals surface area contributed by atoms with Crippen LogP contribution >= 0.6 is 0 Å².